The fraction of sp³-hybridized carbons (Fsp3) is 0.429. The minimum atomic E-state index is -0.482. The molecular weight excluding hydrogens is 242 g/mol. The molecule has 1 aromatic rings. The summed E-state index contributed by atoms with van der Waals surface area (Å²) in [7, 11) is 0. The largest absolute Gasteiger partial charge is 0.444 e. The van der Waals surface area contributed by atoms with Gasteiger partial charge in [-0.15, -0.1) is 0 Å². The number of hydrogen-bond acceptors (Lipinski definition) is 4. The van der Waals surface area contributed by atoms with Crippen LogP contribution < -0.4 is 5.73 Å². The van der Waals surface area contributed by atoms with E-state index in [0.29, 0.717) is 18.8 Å². The van der Waals surface area contributed by atoms with Gasteiger partial charge in [0.25, 0.3) is 0 Å². The van der Waals surface area contributed by atoms with Crippen molar-refractivity contribution in [2.24, 2.45) is 0 Å². The van der Waals surface area contributed by atoms with Gasteiger partial charge in [0.2, 0.25) is 0 Å². The highest BCUT2D eigenvalue weighted by Crippen LogP contribution is 2.24. The monoisotopic (exact) mass is 261 g/mol. The second kappa shape index (κ2) is 4.91. The molecule has 2 N–H and O–H groups in total. The molecule has 5 nitrogen and oxygen atoms in total. The van der Waals surface area contributed by atoms with Crippen LogP contribution in [-0.4, -0.2) is 34.7 Å². The molecule has 5 heteroatoms. The first-order chi connectivity index (χ1) is 8.87. The van der Waals surface area contributed by atoms with Gasteiger partial charge in [-0.25, -0.2) is 4.79 Å². The summed E-state index contributed by atoms with van der Waals surface area (Å²) in [5.74, 6) is 0. The molecule has 102 valence electrons. The van der Waals surface area contributed by atoms with Crippen molar-refractivity contribution in [3.8, 4) is 0 Å². The predicted octanol–water partition coefficient (Wildman–Crippen LogP) is 2.30. The quantitative estimate of drug-likeness (QED) is 0.842. The lowest BCUT2D eigenvalue weighted by Crippen LogP contribution is -2.35. The molecule has 0 aliphatic carbocycles. The normalized spacial score (nSPS) is 15.3. The molecule has 0 aromatic carbocycles. The van der Waals surface area contributed by atoms with Gasteiger partial charge in [0.1, 0.15) is 5.60 Å². The molecule has 0 radical (unpaired) electrons. The van der Waals surface area contributed by atoms with Crippen LogP contribution in [0.4, 0.5) is 10.5 Å². The summed E-state index contributed by atoms with van der Waals surface area (Å²) in [5, 5.41) is 0. The average Bonchev–Trinajstić information content (AvgIpc) is 2.76. The first kappa shape index (κ1) is 13.4. The Bertz CT molecular complexity index is 518. The molecule has 0 saturated heterocycles. The van der Waals surface area contributed by atoms with E-state index in [1.165, 1.54) is 0 Å². The van der Waals surface area contributed by atoms with E-state index in [-0.39, 0.29) is 6.09 Å². The molecule has 0 saturated carbocycles. The molecular formula is C14H19N3O2. The van der Waals surface area contributed by atoms with Crippen LogP contribution in [0, 0.1) is 0 Å². The van der Waals surface area contributed by atoms with Gasteiger partial charge in [-0.3, -0.25) is 4.98 Å². The first-order valence-corrected chi connectivity index (χ1v) is 6.24. The first-order valence-electron chi connectivity index (χ1n) is 6.24. The van der Waals surface area contributed by atoms with Crippen LogP contribution in [0.25, 0.3) is 5.57 Å². The maximum atomic E-state index is 11.9. The lowest BCUT2D eigenvalue weighted by Gasteiger charge is -2.24. The fourth-order valence-electron chi connectivity index (χ4n) is 1.88. The zero-order valence-electron chi connectivity index (χ0n) is 11.5. The van der Waals surface area contributed by atoms with E-state index in [2.05, 4.69) is 4.98 Å². The Hall–Kier alpha value is -2.04. The van der Waals surface area contributed by atoms with Crippen molar-refractivity contribution in [3.63, 3.8) is 0 Å². The fourth-order valence-corrected chi connectivity index (χ4v) is 1.88. The highest BCUT2D eigenvalue weighted by molar-refractivity contribution is 5.79. The van der Waals surface area contributed by atoms with E-state index < -0.39 is 5.60 Å². The van der Waals surface area contributed by atoms with Crippen molar-refractivity contribution in [2.75, 3.05) is 18.8 Å². The Morgan fingerprint density at radius 2 is 2.21 bits per heavy atom. The molecule has 2 rings (SSSR count). The second-order valence-corrected chi connectivity index (χ2v) is 5.53. The molecule has 0 spiro atoms. The van der Waals surface area contributed by atoms with Crippen LogP contribution in [0.3, 0.4) is 0 Å². The minimum absolute atomic E-state index is 0.312. The highest BCUT2D eigenvalue weighted by Gasteiger charge is 2.26. The molecule has 0 unspecified atom stereocenters. The lowest BCUT2D eigenvalue weighted by molar-refractivity contribution is 0.0306. The van der Waals surface area contributed by atoms with Gasteiger partial charge in [0.05, 0.1) is 17.9 Å². The standard InChI is InChI=1S/C14H19N3O2/c1-14(2,3)19-13(18)17-8-6-10(9-17)12-11(15)5-4-7-16-12/h4-7H,8-9,15H2,1-3H3. The number of carbonyl (C=O) groups is 1. The van der Waals surface area contributed by atoms with Crippen molar-refractivity contribution in [2.45, 2.75) is 26.4 Å². The smallest absolute Gasteiger partial charge is 0.410 e. The molecule has 2 heterocycles. The van der Waals surface area contributed by atoms with Gasteiger partial charge in [0.15, 0.2) is 0 Å². The third-order valence-electron chi connectivity index (χ3n) is 2.71. The minimum Gasteiger partial charge on any atom is -0.444 e. The van der Waals surface area contributed by atoms with Gasteiger partial charge in [-0.05, 0) is 38.5 Å². The van der Waals surface area contributed by atoms with Crippen molar-refractivity contribution < 1.29 is 9.53 Å². The number of carbonyl (C=O) groups excluding carboxylic acids is 1. The third kappa shape index (κ3) is 3.24. The van der Waals surface area contributed by atoms with E-state index in [1.807, 2.05) is 26.8 Å². The molecule has 0 bridgehead atoms. The van der Waals surface area contributed by atoms with Crippen molar-refractivity contribution in [1.29, 1.82) is 0 Å². The SMILES string of the molecule is CC(C)(C)OC(=O)N1CC=C(c2ncccc2N)C1. The molecule has 1 amide bonds. The molecule has 1 aliphatic rings. The number of hydrogen-bond donors (Lipinski definition) is 1. The Morgan fingerprint density at radius 1 is 1.47 bits per heavy atom. The average molecular weight is 261 g/mol. The molecule has 0 atom stereocenters. The number of nitrogen functional groups attached to an aromatic ring is 1. The van der Waals surface area contributed by atoms with Gasteiger partial charge in [-0.1, -0.05) is 6.08 Å². The Morgan fingerprint density at radius 3 is 2.84 bits per heavy atom. The van der Waals surface area contributed by atoms with Crippen LogP contribution >= 0.6 is 0 Å². The summed E-state index contributed by atoms with van der Waals surface area (Å²) in [6.45, 7) is 6.57. The van der Waals surface area contributed by atoms with E-state index in [0.717, 1.165) is 11.3 Å². The van der Waals surface area contributed by atoms with E-state index in [9.17, 15) is 4.79 Å². The summed E-state index contributed by atoms with van der Waals surface area (Å²) in [5.41, 5.74) is 7.73. The summed E-state index contributed by atoms with van der Waals surface area (Å²) < 4.78 is 5.34. The maximum Gasteiger partial charge on any atom is 0.410 e. The number of nitrogens with two attached hydrogens (primary N) is 1. The predicted molar refractivity (Wildman–Crippen MR) is 74.4 cm³/mol. The molecule has 0 fully saturated rings. The molecule has 1 aliphatic heterocycles. The van der Waals surface area contributed by atoms with Crippen LogP contribution in [0.1, 0.15) is 26.5 Å². The van der Waals surface area contributed by atoms with Crippen LogP contribution in [0.15, 0.2) is 24.4 Å². The van der Waals surface area contributed by atoms with Crippen LogP contribution in [-0.2, 0) is 4.74 Å². The number of rotatable bonds is 1. The molecule has 1 aromatic heterocycles. The van der Waals surface area contributed by atoms with Crippen molar-refractivity contribution >= 4 is 17.4 Å². The summed E-state index contributed by atoms with van der Waals surface area (Å²) in [6.07, 6.45) is 3.35. The van der Waals surface area contributed by atoms with Gasteiger partial charge in [-0.2, -0.15) is 0 Å². The number of amides is 1. The van der Waals surface area contributed by atoms with Crippen molar-refractivity contribution in [3.05, 3.63) is 30.1 Å². The number of pyridine rings is 1. The summed E-state index contributed by atoms with van der Waals surface area (Å²) in [6, 6.07) is 3.60. The zero-order chi connectivity index (χ0) is 14.0. The van der Waals surface area contributed by atoms with E-state index in [1.54, 1.807) is 23.2 Å². The Labute approximate surface area is 113 Å². The topological polar surface area (TPSA) is 68.5 Å². The number of ether oxygens (including phenoxy) is 1. The Kier molecular flexibility index (Phi) is 3.46. The second-order valence-electron chi connectivity index (χ2n) is 5.53. The number of anilines is 1. The maximum absolute atomic E-state index is 11.9. The third-order valence-corrected chi connectivity index (χ3v) is 2.71. The number of aromatic nitrogens is 1. The van der Waals surface area contributed by atoms with Crippen LogP contribution in [0.2, 0.25) is 0 Å². The van der Waals surface area contributed by atoms with Gasteiger partial charge < -0.3 is 15.4 Å². The molecule has 19 heavy (non-hydrogen) atoms. The zero-order valence-corrected chi connectivity index (χ0v) is 11.5. The Balaban J connectivity index is 2.04. The summed E-state index contributed by atoms with van der Waals surface area (Å²) >= 11 is 0. The van der Waals surface area contributed by atoms with Crippen molar-refractivity contribution in [1.82, 2.24) is 9.88 Å². The van der Waals surface area contributed by atoms with Gasteiger partial charge >= 0.3 is 6.09 Å². The highest BCUT2D eigenvalue weighted by atomic mass is 16.6. The summed E-state index contributed by atoms with van der Waals surface area (Å²) in [4.78, 5) is 17.8. The van der Waals surface area contributed by atoms with Gasteiger partial charge in [0, 0.05) is 12.7 Å². The van der Waals surface area contributed by atoms with E-state index in [4.69, 9.17) is 10.5 Å². The number of nitrogens with zero attached hydrogens (tertiary/aromatic N) is 2. The van der Waals surface area contributed by atoms with Crippen LogP contribution in [0.5, 0.6) is 0 Å². The lowest BCUT2D eigenvalue weighted by atomic mass is 10.1. The van der Waals surface area contributed by atoms with E-state index >= 15 is 0 Å².